The number of amides is 3. The molecule has 0 aliphatic heterocycles. The number of carbonyl (C=O) groups is 2. The maximum atomic E-state index is 11.7. The summed E-state index contributed by atoms with van der Waals surface area (Å²) in [6, 6.07) is 7.24. The van der Waals surface area contributed by atoms with Crippen LogP contribution in [-0.2, 0) is 11.2 Å². The van der Waals surface area contributed by atoms with E-state index in [0.717, 1.165) is 17.7 Å². The molecule has 1 aromatic rings. The number of nitrogens with zero attached hydrogens (tertiary/aromatic N) is 1. The first-order valence-electron chi connectivity index (χ1n) is 7.12. The van der Waals surface area contributed by atoms with Gasteiger partial charge in [-0.1, -0.05) is 25.5 Å². The van der Waals surface area contributed by atoms with Gasteiger partial charge in [0.05, 0.1) is 0 Å². The van der Waals surface area contributed by atoms with Gasteiger partial charge >= 0.3 is 6.03 Å². The Morgan fingerprint density at radius 1 is 1.38 bits per heavy atom. The van der Waals surface area contributed by atoms with Crippen LogP contribution in [0.25, 0.3) is 0 Å². The Kier molecular flexibility index (Phi) is 7.89. The lowest BCUT2D eigenvalue weighted by Gasteiger charge is -2.16. The summed E-state index contributed by atoms with van der Waals surface area (Å²) in [6.07, 6.45) is 3.20. The van der Waals surface area contributed by atoms with Crippen LogP contribution in [0.4, 0.5) is 4.79 Å². The fourth-order valence-corrected chi connectivity index (χ4v) is 1.79. The SMILES string of the molecule is CCCc1ccc(OCNC(=O)N(C=O)CCCN)cc1. The first-order chi connectivity index (χ1) is 10.2. The average Bonchev–Trinajstić information content (AvgIpc) is 2.50. The summed E-state index contributed by atoms with van der Waals surface area (Å²) in [7, 11) is 0. The molecule has 21 heavy (non-hydrogen) atoms. The third kappa shape index (κ3) is 6.27. The van der Waals surface area contributed by atoms with Crippen molar-refractivity contribution in [2.75, 3.05) is 19.8 Å². The van der Waals surface area contributed by atoms with Gasteiger partial charge in [0, 0.05) is 6.54 Å². The van der Waals surface area contributed by atoms with Crippen molar-refractivity contribution in [3.05, 3.63) is 29.8 Å². The van der Waals surface area contributed by atoms with E-state index in [9.17, 15) is 9.59 Å². The van der Waals surface area contributed by atoms with Crippen LogP contribution in [0.1, 0.15) is 25.3 Å². The second kappa shape index (κ2) is 9.77. The highest BCUT2D eigenvalue weighted by Crippen LogP contribution is 2.12. The molecule has 0 atom stereocenters. The highest BCUT2D eigenvalue weighted by Gasteiger charge is 2.10. The van der Waals surface area contributed by atoms with E-state index in [0.29, 0.717) is 31.7 Å². The highest BCUT2D eigenvalue weighted by molar-refractivity contribution is 5.84. The third-order valence-electron chi connectivity index (χ3n) is 2.92. The minimum Gasteiger partial charge on any atom is -0.473 e. The number of urea groups is 1. The summed E-state index contributed by atoms with van der Waals surface area (Å²) >= 11 is 0. The largest absolute Gasteiger partial charge is 0.473 e. The molecule has 0 aliphatic carbocycles. The lowest BCUT2D eigenvalue weighted by atomic mass is 10.1. The number of hydrogen-bond acceptors (Lipinski definition) is 4. The van der Waals surface area contributed by atoms with Crippen molar-refractivity contribution in [1.82, 2.24) is 10.2 Å². The van der Waals surface area contributed by atoms with E-state index in [1.165, 1.54) is 5.56 Å². The maximum absolute atomic E-state index is 11.7. The molecule has 0 radical (unpaired) electrons. The van der Waals surface area contributed by atoms with Gasteiger partial charge in [-0.05, 0) is 37.1 Å². The van der Waals surface area contributed by atoms with Crippen molar-refractivity contribution in [1.29, 1.82) is 0 Å². The van der Waals surface area contributed by atoms with Crippen LogP contribution in [0.5, 0.6) is 5.75 Å². The molecule has 6 nitrogen and oxygen atoms in total. The van der Waals surface area contributed by atoms with Gasteiger partial charge < -0.3 is 15.8 Å². The molecule has 0 aliphatic rings. The molecule has 0 saturated heterocycles. The molecule has 0 spiro atoms. The Bertz CT molecular complexity index is 434. The molecule has 1 rings (SSSR count). The second-order valence-electron chi connectivity index (χ2n) is 4.61. The normalized spacial score (nSPS) is 10.0. The monoisotopic (exact) mass is 293 g/mol. The molecule has 3 amide bonds. The van der Waals surface area contributed by atoms with E-state index in [2.05, 4.69) is 12.2 Å². The molecule has 3 N–H and O–H groups in total. The lowest BCUT2D eigenvalue weighted by molar-refractivity contribution is -0.115. The topological polar surface area (TPSA) is 84.7 Å². The fourth-order valence-electron chi connectivity index (χ4n) is 1.79. The van der Waals surface area contributed by atoms with Crippen LogP contribution in [0.3, 0.4) is 0 Å². The molecule has 0 unspecified atom stereocenters. The standard InChI is InChI=1S/C15H23N3O3/c1-2-4-13-5-7-14(8-6-13)21-11-17-15(20)18(12-19)10-3-9-16/h5-8,12H,2-4,9-11,16H2,1H3,(H,17,20). The summed E-state index contributed by atoms with van der Waals surface area (Å²) in [5.41, 5.74) is 6.60. The van der Waals surface area contributed by atoms with Crippen LogP contribution in [0, 0.1) is 0 Å². The number of nitrogens with one attached hydrogen (secondary N) is 1. The smallest absolute Gasteiger partial charge is 0.326 e. The van der Waals surface area contributed by atoms with Crippen molar-refractivity contribution in [3.8, 4) is 5.75 Å². The quantitative estimate of drug-likeness (QED) is 0.533. The molecule has 0 fully saturated rings. The summed E-state index contributed by atoms with van der Waals surface area (Å²) in [4.78, 5) is 23.5. The number of hydrogen-bond donors (Lipinski definition) is 2. The summed E-state index contributed by atoms with van der Waals surface area (Å²) < 4.78 is 5.41. The Morgan fingerprint density at radius 3 is 2.67 bits per heavy atom. The van der Waals surface area contributed by atoms with Gasteiger partial charge in [-0.2, -0.15) is 0 Å². The molecule has 6 heteroatoms. The van der Waals surface area contributed by atoms with Gasteiger partial charge in [0.1, 0.15) is 5.75 Å². The zero-order valence-corrected chi connectivity index (χ0v) is 12.4. The molecule has 0 saturated carbocycles. The number of rotatable bonds is 9. The van der Waals surface area contributed by atoms with E-state index in [1.807, 2.05) is 24.3 Å². The summed E-state index contributed by atoms with van der Waals surface area (Å²) in [5, 5.41) is 2.52. The first-order valence-corrected chi connectivity index (χ1v) is 7.12. The van der Waals surface area contributed by atoms with Crippen molar-refractivity contribution < 1.29 is 14.3 Å². The molecule has 0 aromatic heterocycles. The van der Waals surface area contributed by atoms with Gasteiger partial charge in [-0.3, -0.25) is 9.69 Å². The lowest BCUT2D eigenvalue weighted by Crippen LogP contribution is -2.41. The minimum atomic E-state index is -0.485. The molecule has 1 aromatic carbocycles. The summed E-state index contributed by atoms with van der Waals surface area (Å²) in [6.45, 7) is 2.87. The average molecular weight is 293 g/mol. The molecule has 116 valence electrons. The zero-order valence-electron chi connectivity index (χ0n) is 12.4. The van der Waals surface area contributed by atoms with Gasteiger partial charge in [-0.15, -0.1) is 0 Å². The van der Waals surface area contributed by atoms with E-state index >= 15 is 0 Å². The fraction of sp³-hybridized carbons (Fsp3) is 0.467. The number of nitrogens with two attached hydrogens (primary N) is 1. The van der Waals surface area contributed by atoms with Gasteiger partial charge in [-0.25, -0.2) is 4.79 Å². The maximum Gasteiger partial charge on any atom is 0.326 e. The van der Waals surface area contributed by atoms with Crippen molar-refractivity contribution in [2.24, 2.45) is 5.73 Å². The Labute approximate surface area is 125 Å². The second-order valence-corrected chi connectivity index (χ2v) is 4.61. The van der Waals surface area contributed by atoms with Crippen LogP contribution in [0.15, 0.2) is 24.3 Å². The van der Waals surface area contributed by atoms with Gasteiger partial charge in [0.2, 0.25) is 6.41 Å². The van der Waals surface area contributed by atoms with Crippen molar-refractivity contribution in [3.63, 3.8) is 0 Å². The van der Waals surface area contributed by atoms with E-state index in [-0.39, 0.29) is 6.73 Å². The Hall–Kier alpha value is -2.08. The van der Waals surface area contributed by atoms with Crippen molar-refractivity contribution >= 4 is 12.4 Å². The molecular weight excluding hydrogens is 270 g/mol. The van der Waals surface area contributed by atoms with Crippen molar-refractivity contribution in [2.45, 2.75) is 26.2 Å². The van der Waals surface area contributed by atoms with Crippen LogP contribution in [-0.4, -0.2) is 37.2 Å². The van der Waals surface area contributed by atoms with E-state index in [1.54, 1.807) is 0 Å². The van der Waals surface area contributed by atoms with E-state index < -0.39 is 6.03 Å². The molecule has 0 heterocycles. The number of benzene rings is 1. The summed E-state index contributed by atoms with van der Waals surface area (Å²) in [5.74, 6) is 0.676. The van der Waals surface area contributed by atoms with Gasteiger partial charge in [0.25, 0.3) is 0 Å². The zero-order chi connectivity index (χ0) is 15.5. The Balaban J connectivity index is 2.34. The predicted octanol–water partition coefficient (Wildman–Crippen LogP) is 1.49. The van der Waals surface area contributed by atoms with Crippen LogP contribution >= 0.6 is 0 Å². The Morgan fingerprint density at radius 2 is 2.10 bits per heavy atom. The number of imide groups is 1. The van der Waals surface area contributed by atoms with E-state index in [4.69, 9.17) is 10.5 Å². The predicted molar refractivity (Wildman–Crippen MR) is 80.9 cm³/mol. The number of aryl methyl sites for hydroxylation is 1. The number of carbonyl (C=O) groups excluding carboxylic acids is 2. The van der Waals surface area contributed by atoms with Crippen LogP contribution in [0.2, 0.25) is 0 Å². The van der Waals surface area contributed by atoms with Crippen LogP contribution < -0.4 is 15.8 Å². The highest BCUT2D eigenvalue weighted by atomic mass is 16.5. The van der Waals surface area contributed by atoms with Gasteiger partial charge in [0.15, 0.2) is 6.73 Å². The molecular formula is C15H23N3O3. The third-order valence-corrected chi connectivity index (χ3v) is 2.92. The first kappa shape index (κ1) is 17.0. The number of ether oxygens (including phenoxy) is 1. The minimum absolute atomic E-state index is 0.0128. The molecule has 0 bridgehead atoms.